The van der Waals surface area contributed by atoms with Crippen LogP contribution in [0.15, 0.2) is 53.7 Å². The van der Waals surface area contributed by atoms with E-state index in [1.807, 2.05) is 0 Å². The molecule has 26 heavy (non-hydrogen) atoms. The van der Waals surface area contributed by atoms with Crippen molar-refractivity contribution in [3.63, 3.8) is 0 Å². The number of halogens is 1. The van der Waals surface area contributed by atoms with Gasteiger partial charge < -0.3 is 15.4 Å². The van der Waals surface area contributed by atoms with Crippen LogP contribution in [0.5, 0.6) is 0 Å². The van der Waals surface area contributed by atoms with Gasteiger partial charge in [-0.1, -0.05) is 35.5 Å². The molecule has 0 radical (unpaired) electrons. The third kappa shape index (κ3) is 4.62. The first kappa shape index (κ1) is 18.0. The van der Waals surface area contributed by atoms with E-state index in [0.717, 1.165) is 11.8 Å². The van der Waals surface area contributed by atoms with Crippen molar-refractivity contribution < 1.29 is 14.7 Å². The Kier molecular flexibility index (Phi) is 5.55. The summed E-state index contributed by atoms with van der Waals surface area (Å²) in [6.45, 7) is 0. The fraction of sp³-hybridized carbons (Fsp3) is 0.0588. The number of hydrogen-bond donors (Lipinski definition) is 3. The van der Waals surface area contributed by atoms with Crippen LogP contribution in [0.1, 0.15) is 10.4 Å². The van der Waals surface area contributed by atoms with Gasteiger partial charge in [0.2, 0.25) is 0 Å². The van der Waals surface area contributed by atoms with E-state index in [0.29, 0.717) is 32.8 Å². The Labute approximate surface area is 157 Å². The fourth-order valence-corrected chi connectivity index (χ4v) is 2.77. The molecule has 0 aliphatic heterocycles. The first-order valence-corrected chi connectivity index (χ1v) is 8.82. The maximum atomic E-state index is 12.4. The maximum Gasteiger partial charge on any atom is 0.313 e. The Balaban J connectivity index is 1.74. The zero-order valence-electron chi connectivity index (χ0n) is 13.3. The van der Waals surface area contributed by atoms with Crippen LogP contribution in [-0.2, 0) is 4.79 Å². The van der Waals surface area contributed by atoms with E-state index in [1.54, 1.807) is 48.5 Å². The number of anilines is 1. The summed E-state index contributed by atoms with van der Waals surface area (Å²) < 4.78 is 0. The van der Waals surface area contributed by atoms with Gasteiger partial charge in [-0.05, 0) is 36.4 Å². The molecule has 0 bridgehead atoms. The summed E-state index contributed by atoms with van der Waals surface area (Å²) in [6.07, 6.45) is 0. The molecular formula is C17H13ClN4O3S. The van der Waals surface area contributed by atoms with Gasteiger partial charge in [-0.2, -0.15) is 0 Å². The summed E-state index contributed by atoms with van der Waals surface area (Å²) in [4.78, 5) is 25.9. The van der Waals surface area contributed by atoms with Crippen LogP contribution in [0.4, 0.5) is 5.69 Å². The minimum atomic E-state index is -0.936. The number of rotatable bonds is 6. The first-order chi connectivity index (χ1) is 12.5. The van der Waals surface area contributed by atoms with Crippen molar-refractivity contribution in [1.82, 2.24) is 15.2 Å². The summed E-state index contributed by atoms with van der Waals surface area (Å²) in [5.74, 6) is -0.861. The summed E-state index contributed by atoms with van der Waals surface area (Å²) in [7, 11) is 0. The number of carbonyl (C=O) groups is 2. The van der Waals surface area contributed by atoms with Crippen molar-refractivity contribution in [2.45, 2.75) is 5.16 Å². The van der Waals surface area contributed by atoms with E-state index >= 15 is 0 Å². The lowest BCUT2D eigenvalue weighted by Gasteiger charge is -2.06. The van der Waals surface area contributed by atoms with E-state index in [1.165, 1.54) is 0 Å². The summed E-state index contributed by atoms with van der Waals surface area (Å²) in [5, 5.41) is 20.4. The second-order valence-corrected chi connectivity index (χ2v) is 6.60. The van der Waals surface area contributed by atoms with Crippen molar-refractivity contribution in [3.05, 3.63) is 59.1 Å². The van der Waals surface area contributed by atoms with E-state index in [-0.39, 0.29) is 11.7 Å². The van der Waals surface area contributed by atoms with Crippen LogP contribution >= 0.6 is 23.4 Å². The predicted octanol–water partition coefficient (Wildman–Crippen LogP) is 3.55. The fourth-order valence-electron chi connectivity index (χ4n) is 2.12. The number of nitrogens with zero attached hydrogens (tertiary/aromatic N) is 2. The van der Waals surface area contributed by atoms with Crippen molar-refractivity contribution in [1.29, 1.82) is 0 Å². The minimum absolute atomic E-state index is 0.113. The quantitative estimate of drug-likeness (QED) is 0.557. The van der Waals surface area contributed by atoms with Crippen LogP contribution in [0.25, 0.3) is 11.4 Å². The molecule has 0 aliphatic carbocycles. The second kappa shape index (κ2) is 8.03. The molecule has 1 heterocycles. The minimum Gasteiger partial charge on any atom is -0.481 e. The molecule has 3 N–H and O–H groups in total. The SMILES string of the molecule is O=C(O)CSc1nnc(-c2cccc(C(=O)Nc3ccc(Cl)cc3)c2)[nH]1. The Morgan fingerprint density at radius 3 is 2.65 bits per heavy atom. The number of benzene rings is 2. The highest BCUT2D eigenvalue weighted by atomic mass is 35.5. The molecule has 0 saturated heterocycles. The molecule has 3 aromatic rings. The van der Waals surface area contributed by atoms with Gasteiger partial charge in [0, 0.05) is 21.8 Å². The molecule has 3 rings (SSSR count). The lowest BCUT2D eigenvalue weighted by atomic mass is 10.1. The van der Waals surface area contributed by atoms with Crippen LogP contribution < -0.4 is 5.32 Å². The normalized spacial score (nSPS) is 10.5. The summed E-state index contributed by atoms with van der Waals surface area (Å²) >= 11 is 6.87. The molecule has 0 aliphatic rings. The molecule has 0 atom stereocenters. The number of aliphatic carboxylic acids is 1. The largest absolute Gasteiger partial charge is 0.481 e. The van der Waals surface area contributed by atoms with Crippen molar-refractivity contribution >= 4 is 40.9 Å². The first-order valence-electron chi connectivity index (χ1n) is 7.46. The number of H-pyrrole nitrogens is 1. The number of hydrogen-bond acceptors (Lipinski definition) is 5. The lowest BCUT2D eigenvalue weighted by molar-refractivity contribution is -0.133. The highest BCUT2D eigenvalue weighted by Crippen LogP contribution is 2.21. The molecule has 132 valence electrons. The molecule has 7 nitrogen and oxygen atoms in total. The Morgan fingerprint density at radius 1 is 1.15 bits per heavy atom. The van der Waals surface area contributed by atoms with Gasteiger partial charge in [-0.15, -0.1) is 10.2 Å². The third-order valence-electron chi connectivity index (χ3n) is 3.30. The van der Waals surface area contributed by atoms with Crippen LogP contribution in [0.3, 0.4) is 0 Å². The number of aromatic amines is 1. The summed E-state index contributed by atoms with van der Waals surface area (Å²) in [5.41, 5.74) is 1.76. The number of nitrogens with one attached hydrogen (secondary N) is 2. The molecule has 1 amide bonds. The zero-order valence-corrected chi connectivity index (χ0v) is 14.8. The molecular weight excluding hydrogens is 376 g/mol. The molecule has 0 saturated carbocycles. The van der Waals surface area contributed by atoms with Crippen molar-refractivity contribution in [2.24, 2.45) is 0 Å². The van der Waals surface area contributed by atoms with Gasteiger partial charge in [0.25, 0.3) is 5.91 Å². The molecule has 0 spiro atoms. The van der Waals surface area contributed by atoms with E-state index < -0.39 is 5.97 Å². The Hall–Kier alpha value is -2.84. The second-order valence-electron chi connectivity index (χ2n) is 5.20. The molecule has 2 aromatic carbocycles. The van der Waals surface area contributed by atoms with Crippen LogP contribution in [-0.4, -0.2) is 37.9 Å². The standard InChI is InChI=1S/C17H13ClN4O3S/c18-12-4-6-13(7-5-12)19-16(25)11-3-1-2-10(8-11)15-20-17(22-21-15)26-9-14(23)24/h1-8H,9H2,(H,19,25)(H,23,24)(H,20,21,22). The lowest BCUT2D eigenvalue weighted by Crippen LogP contribution is -2.11. The van der Waals surface area contributed by atoms with Gasteiger partial charge in [0.1, 0.15) is 0 Å². The number of carbonyl (C=O) groups excluding carboxylic acids is 1. The average molecular weight is 389 g/mol. The number of thioether (sulfide) groups is 1. The number of carboxylic acids is 1. The van der Waals surface area contributed by atoms with Gasteiger partial charge in [0.15, 0.2) is 11.0 Å². The predicted molar refractivity (Wildman–Crippen MR) is 99.6 cm³/mol. The number of amides is 1. The number of carboxylic acid groups (broad SMARTS) is 1. The monoisotopic (exact) mass is 388 g/mol. The topological polar surface area (TPSA) is 108 Å². The highest BCUT2D eigenvalue weighted by molar-refractivity contribution is 7.99. The maximum absolute atomic E-state index is 12.4. The van der Waals surface area contributed by atoms with Crippen LogP contribution in [0.2, 0.25) is 5.02 Å². The molecule has 0 unspecified atom stereocenters. The van der Waals surface area contributed by atoms with E-state index in [4.69, 9.17) is 16.7 Å². The van der Waals surface area contributed by atoms with E-state index in [2.05, 4.69) is 20.5 Å². The average Bonchev–Trinajstić information content (AvgIpc) is 3.11. The van der Waals surface area contributed by atoms with Crippen molar-refractivity contribution in [2.75, 3.05) is 11.1 Å². The highest BCUT2D eigenvalue weighted by Gasteiger charge is 2.11. The zero-order chi connectivity index (χ0) is 18.5. The summed E-state index contributed by atoms with van der Waals surface area (Å²) in [6, 6.07) is 13.7. The van der Waals surface area contributed by atoms with Gasteiger partial charge >= 0.3 is 5.97 Å². The van der Waals surface area contributed by atoms with E-state index in [9.17, 15) is 9.59 Å². The molecule has 1 aromatic heterocycles. The Bertz CT molecular complexity index is 943. The molecule has 0 fully saturated rings. The van der Waals surface area contributed by atoms with Gasteiger partial charge in [0.05, 0.1) is 5.75 Å². The van der Waals surface area contributed by atoms with Crippen LogP contribution in [0, 0.1) is 0 Å². The Morgan fingerprint density at radius 2 is 1.92 bits per heavy atom. The smallest absolute Gasteiger partial charge is 0.313 e. The third-order valence-corrected chi connectivity index (χ3v) is 4.40. The van der Waals surface area contributed by atoms with Gasteiger partial charge in [-0.25, -0.2) is 0 Å². The van der Waals surface area contributed by atoms with Crippen molar-refractivity contribution in [3.8, 4) is 11.4 Å². The number of aromatic nitrogens is 3. The van der Waals surface area contributed by atoms with Gasteiger partial charge in [-0.3, -0.25) is 9.59 Å². The molecule has 9 heteroatoms.